The standard InChI is InChI=1S/C19H14BrN3O5/c20-12-6-8-13(9-7-12)23-15(25)10-14(24)17(22-23)18(26)21-16(19(27)28)11-4-2-1-3-5-11/h1-10,16,24H,(H,21,26)(H,27,28). The number of aromatic hydroxyl groups is 1. The highest BCUT2D eigenvalue weighted by Gasteiger charge is 2.25. The number of amides is 1. The van der Waals surface area contributed by atoms with Gasteiger partial charge in [0.05, 0.1) is 5.69 Å². The second-order valence-electron chi connectivity index (χ2n) is 5.76. The lowest BCUT2D eigenvalue weighted by atomic mass is 10.1. The van der Waals surface area contributed by atoms with E-state index in [1.807, 2.05) is 0 Å². The number of nitrogens with zero attached hydrogens (tertiary/aromatic N) is 2. The molecule has 0 aliphatic heterocycles. The number of carbonyl (C=O) groups excluding carboxylic acids is 1. The number of aromatic nitrogens is 2. The number of hydrogen-bond donors (Lipinski definition) is 3. The Balaban J connectivity index is 1.97. The Morgan fingerprint density at radius 3 is 2.32 bits per heavy atom. The molecule has 3 rings (SSSR count). The predicted molar refractivity (Wildman–Crippen MR) is 103 cm³/mol. The van der Waals surface area contributed by atoms with Crippen molar-refractivity contribution in [1.82, 2.24) is 15.1 Å². The van der Waals surface area contributed by atoms with E-state index in [0.717, 1.165) is 15.2 Å². The van der Waals surface area contributed by atoms with Gasteiger partial charge in [0.25, 0.3) is 11.5 Å². The van der Waals surface area contributed by atoms with Gasteiger partial charge in [-0.1, -0.05) is 46.3 Å². The highest BCUT2D eigenvalue weighted by molar-refractivity contribution is 9.10. The number of aliphatic carboxylic acids is 1. The third-order valence-corrected chi connectivity index (χ3v) is 4.38. The van der Waals surface area contributed by atoms with Gasteiger partial charge in [-0.2, -0.15) is 9.78 Å². The fraction of sp³-hybridized carbons (Fsp3) is 0.0526. The number of carbonyl (C=O) groups is 2. The fourth-order valence-corrected chi connectivity index (χ4v) is 2.77. The number of nitrogens with one attached hydrogen (secondary N) is 1. The fourth-order valence-electron chi connectivity index (χ4n) is 2.51. The van der Waals surface area contributed by atoms with Crippen molar-refractivity contribution < 1.29 is 19.8 Å². The van der Waals surface area contributed by atoms with E-state index in [1.165, 1.54) is 0 Å². The molecule has 28 heavy (non-hydrogen) atoms. The Labute approximate surface area is 167 Å². The predicted octanol–water partition coefficient (Wildman–Crippen LogP) is 2.26. The van der Waals surface area contributed by atoms with E-state index >= 15 is 0 Å². The van der Waals surface area contributed by atoms with Crippen LogP contribution < -0.4 is 10.9 Å². The van der Waals surface area contributed by atoms with Crippen LogP contribution in [0.1, 0.15) is 22.1 Å². The van der Waals surface area contributed by atoms with E-state index in [0.29, 0.717) is 11.3 Å². The molecule has 9 heteroatoms. The van der Waals surface area contributed by atoms with Gasteiger partial charge in [0.2, 0.25) is 0 Å². The number of hydrogen-bond acceptors (Lipinski definition) is 5. The Hall–Kier alpha value is -3.46. The third-order valence-electron chi connectivity index (χ3n) is 3.85. The molecule has 3 N–H and O–H groups in total. The molecule has 0 fully saturated rings. The van der Waals surface area contributed by atoms with E-state index in [4.69, 9.17) is 0 Å². The summed E-state index contributed by atoms with van der Waals surface area (Å²) in [5.74, 6) is -2.85. The van der Waals surface area contributed by atoms with E-state index in [1.54, 1.807) is 54.6 Å². The molecule has 0 spiro atoms. The highest BCUT2D eigenvalue weighted by atomic mass is 79.9. The minimum absolute atomic E-state index is 0.351. The molecular formula is C19H14BrN3O5. The van der Waals surface area contributed by atoms with Crippen molar-refractivity contribution in [3.05, 3.63) is 86.7 Å². The summed E-state index contributed by atoms with van der Waals surface area (Å²) >= 11 is 3.28. The number of halogens is 1. The van der Waals surface area contributed by atoms with Crippen molar-refractivity contribution in [2.75, 3.05) is 0 Å². The van der Waals surface area contributed by atoms with Gasteiger partial charge >= 0.3 is 5.97 Å². The molecule has 0 radical (unpaired) electrons. The smallest absolute Gasteiger partial charge is 0.330 e. The highest BCUT2D eigenvalue weighted by Crippen LogP contribution is 2.18. The molecule has 1 atom stereocenters. The Morgan fingerprint density at radius 2 is 1.71 bits per heavy atom. The average molecular weight is 444 g/mol. The van der Waals surface area contributed by atoms with Crippen molar-refractivity contribution in [2.24, 2.45) is 0 Å². The number of benzene rings is 2. The van der Waals surface area contributed by atoms with Crippen LogP contribution in [0.4, 0.5) is 0 Å². The van der Waals surface area contributed by atoms with Crippen LogP contribution in [-0.4, -0.2) is 31.9 Å². The summed E-state index contributed by atoms with van der Waals surface area (Å²) in [4.78, 5) is 36.3. The molecule has 1 unspecified atom stereocenters. The lowest BCUT2D eigenvalue weighted by Gasteiger charge is -2.15. The third kappa shape index (κ3) is 4.09. The summed E-state index contributed by atoms with van der Waals surface area (Å²) in [7, 11) is 0. The summed E-state index contributed by atoms with van der Waals surface area (Å²) in [6.45, 7) is 0. The monoisotopic (exact) mass is 443 g/mol. The molecule has 0 saturated heterocycles. The molecule has 0 saturated carbocycles. The molecule has 0 aliphatic carbocycles. The molecule has 142 valence electrons. The normalized spacial score (nSPS) is 11.6. The molecule has 0 aliphatic rings. The van der Waals surface area contributed by atoms with Crippen molar-refractivity contribution in [3.8, 4) is 11.4 Å². The zero-order valence-corrected chi connectivity index (χ0v) is 15.8. The Bertz CT molecular complexity index is 1080. The van der Waals surface area contributed by atoms with E-state index in [9.17, 15) is 24.6 Å². The van der Waals surface area contributed by atoms with Gasteiger partial charge in [0.1, 0.15) is 0 Å². The SMILES string of the molecule is O=C(NC(C(=O)O)c1ccccc1)c1nn(-c2ccc(Br)cc2)c(=O)cc1O. The Kier molecular flexibility index (Phi) is 5.55. The molecule has 1 amide bonds. The summed E-state index contributed by atoms with van der Waals surface area (Å²) in [5.41, 5.74) is -0.386. The van der Waals surface area contributed by atoms with Crippen molar-refractivity contribution in [2.45, 2.75) is 6.04 Å². The number of rotatable bonds is 5. The number of carboxylic acid groups (broad SMARTS) is 1. The lowest BCUT2D eigenvalue weighted by Crippen LogP contribution is -2.35. The summed E-state index contributed by atoms with van der Waals surface area (Å²) in [5, 5.41) is 25.7. The van der Waals surface area contributed by atoms with Crippen LogP contribution in [0.3, 0.4) is 0 Å². The maximum absolute atomic E-state index is 12.6. The number of carboxylic acids is 1. The topological polar surface area (TPSA) is 122 Å². The van der Waals surface area contributed by atoms with Crippen molar-refractivity contribution in [3.63, 3.8) is 0 Å². The van der Waals surface area contributed by atoms with E-state index in [-0.39, 0.29) is 0 Å². The minimum atomic E-state index is -1.34. The molecule has 8 nitrogen and oxygen atoms in total. The quantitative estimate of drug-likeness (QED) is 0.555. The summed E-state index contributed by atoms with van der Waals surface area (Å²) < 4.78 is 1.73. The molecule has 1 aromatic heterocycles. The second kappa shape index (κ2) is 8.05. The lowest BCUT2D eigenvalue weighted by molar-refractivity contribution is -0.139. The second-order valence-corrected chi connectivity index (χ2v) is 6.68. The van der Waals surface area contributed by atoms with Gasteiger partial charge < -0.3 is 15.5 Å². The van der Waals surface area contributed by atoms with Crippen molar-refractivity contribution in [1.29, 1.82) is 0 Å². The van der Waals surface area contributed by atoms with E-state index < -0.39 is 34.9 Å². The molecule has 3 aromatic rings. The first-order chi connectivity index (χ1) is 13.4. The molecular weight excluding hydrogens is 430 g/mol. The van der Waals surface area contributed by atoms with Gasteiger partial charge in [-0.3, -0.25) is 9.59 Å². The van der Waals surface area contributed by atoms with Crippen LogP contribution in [0.2, 0.25) is 0 Å². The van der Waals surface area contributed by atoms with Crippen molar-refractivity contribution >= 4 is 27.8 Å². The first-order valence-electron chi connectivity index (χ1n) is 8.04. The van der Waals surface area contributed by atoms with E-state index in [2.05, 4.69) is 26.3 Å². The first-order valence-corrected chi connectivity index (χ1v) is 8.84. The minimum Gasteiger partial charge on any atom is -0.505 e. The van der Waals surface area contributed by atoms with Gasteiger partial charge in [0, 0.05) is 10.5 Å². The Morgan fingerprint density at radius 1 is 1.07 bits per heavy atom. The van der Waals surface area contributed by atoms with Crippen LogP contribution in [0.5, 0.6) is 5.75 Å². The van der Waals surface area contributed by atoms with Gasteiger partial charge in [-0.25, -0.2) is 4.79 Å². The molecule has 2 aromatic carbocycles. The first kappa shape index (κ1) is 19.3. The maximum atomic E-state index is 12.6. The van der Waals surface area contributed by atoms with Gasteiger partial charge in [-0.05, 0) is 29.8 Å². The summed E-state index contributed by atoms with van der Waals surface area (Å²) in [6, 6.07) is 14.2. The summed E-state index contributed by atoms with van der Waals surface area (Å²) in [6.07, 6.45) is 0. The van der Waals surface area contributed by atoms with Crippen LogP contribution in [0.25, 0.3) is 5.69 Å². The van der Waals surface area contributed by atoms with Crippen LogP contribution in [0.15, 0.2) is 69.9 Å². The van der Waals surface area contributed by atoms with Gasteiger partial charge in [0.15, 0.2) is 17.5 Å². The average Bonchev–Trinajstić information content (AvgIpc) is 2.67. The van der Waals surface area contributed by atoms with Crippen LogP contribution in [0, 0.1) is 0 Å². The largest absolute Gasteiger partial charge is 0.505 e. The molecule has 0 bridgehead atoms. The zero-order chi connectivity index (χ0) is 20.3. The maximum Gasteiger partial charge on any atom is 0.330 e. The van der Waals surface area contributed by atoms with Crippen LogP contribution in [-0.2, 0) is 4.79 Å². The van der Waals surface area contributed by atoms with Crippen LogP contribution >= 0.6 is 15.9 Å². The van der Waals surface area contributed by atoms with Gasteiger partial charge in [-0.15, -0.1) is 0 Å². The zero-order valence-electron chi connectivity index (χ0n) is 14.2. The molecule has 1 heterocycles.